The summed E-state index contributed by atoms with van der Waals surface area (Å²) < 4.78 is 0. The van der Waals surface area contributed by atoms with Crippen LogP contribution in [0, 0.1) is 18.3 Å². The molecule has 148 valence electrons. The van der Waals surface area contributed by atoms with Gasteiger partial charge in [0.15, 0.2) is 5.43 Å². The van der Waals surface area contributed by atoms with Crippen molar-refractivity contribution in [3.8, 4) is 0 Å². The molecule has 9 nitrogen and oxygen atoms in total. The molecule has 4 N–H and O–H groups in total. The molecule has 9 heteroatoms. The Hall–Kier alpha value is -2.68. The van der Waals surface area contributed by atoms with Crippen molar-refractivity contribution in [2.45, 2.75) is 38.7 Å². The molecule has 1 aromatic rings. The predicted molar refractivity (Wildman–Crippen MR) is 94.4 cm³/mol. The zero-order valence-electron chi connectivity index (χ0n) is 15.1. The van der Waals surface area contributed by atoms with Gasteiger partial charge in [0.05, 0.1) is 6.10 Å². The number of aromatic amines is 1. The van der Waals surface area contributed by atoms with Crippen molar-refractivity contribution < 1.29 is 29.7 Å². The largest absolute Gasteiger partial charge is 0.483 e. The third kappa shape index (κ3) is 4.54. The van der Waals surface area contributed by atoms with Gasteiger partial charge in [0.1, 0.15) is 11.0 Å². The Morgan fingerprint density at radius 1 is 1.37 bits per heavy atom. The maximum atomic E-state index is 12.7. The minimum Gasteiger partial charge on any atom is -0.483 e. The molecule has 0 unspecified atom stereocenters. The van der Waals surface area contributed by atoms with Crippen molar-refractivity contribution in [2.24, 2.45) is 11.3 Å². The van der Waals surface area contributed by atoms with Crippen molar-refractivity contribution in [3.05, 3.63) is 33.7 Å². The number of hydrogen-bond donors (Lipinski definition) is 4. The predicted octanol–water partition coefficient (Wildman–Crippen LogP) is 0.462. The maximum Gasteiger partial charge on any atom is 0.314 e. The van der Waals surface area contributed by atoms with E-state index in [1.54, 1.807) is 6.92 Å². The number of carbonyl (C=O) groups excluding carboxylic acids is 1. The van der Waals surface area contributed by atoms with Gasteiger partial charge in [0, 0.05) is 31.0 Å². The number of aliphatic carboxylic acids is 1. The first-order valence-corrected chi connectivity index (χ1v) is 8.73. The molecule has 27 heavy (non-hydrogen) atoms. The Morgan fingerprint density at radius 2 is 2.00 bits per heavy atom. The van der Waals surface area contributed by atoms with Crippen LogP contribution >= 0.6 is 0 Å². The molecule has 3 rings (SSSR count). The molecule has 1 aliphatic heterocycles. The second kappa shape index (κ2) is 8.34. The quantitative estimate of drug-likeness (QED) is 0.555. The highest BCUT2D eigenvalue weighted by molar-refractivity contribution is 5.94. The number of likely N-dealkylation sites (tertiary alicyclic amines) is 1. The van der Waals surface area contributed by atoms with Crippen molar-refractivity contribution in [3.63, 3.8) is 0 Å². The fourth-order valence-corrected chi connectivity index (χ4v) is 3.50. The van der Waals surface area contributed by atoms with Crippen molar-refractivity contribution >= 4 is 18.3 Å². The van der Waals surface area contributed by atoms with E-state index in [-0.39, 0.29) is 37.0 Å². The van der Waals surface area contributed by atoms with Gasteiger partial charge in [-0.05, 0) is 25.7 Å². The minimum absolute atomic E-state index is 0.00250. The highest BCUT2D eigenvalue weighted by atomic mass is 16.4. The Morgan fingerprint density at radius 3 is 2.52 bits per heavy atom. The second-order valence-corrected chi connectivity index (χ2v) is 7.14. The number of pyridine rings is 1. The van der Waals surface area contributed by atoms with E-state index >= 15 is 0 Å². The summed E-state index contributed by atoms with van der Waals surface area (Å²) in [7, 11) is 0. The zero-order valence-corrected chi connectivity index (χ0v) is 15.1. The van der Waals surface area contributed by atoms with Crippen LogP contribution in [0.2, 0.25) is 0 Å². The monoisotopic (exact) mass is 380 g/mol. The Kier molecular flexibility index (Phi) is 6.37. The van der Waals surface area contributed by atoms with E-state index in [4.69, 9.17) is 9.90 Å². The van der Waals surface area contributed by atoms with Gasteiger partial charge in [-0.25, -0.2) is 0 Å². The van der Waals surface area contributed by atoms with Gasteiger partial charge in [-0.2, -0.15) is 0 Å². The highest BCUT2D eigenvalue weighted by Gasteiger charge is 2.52. The van der Waals surface area contributed by atoms with Gasteiger partial charge < -0.3 is 25.2 Å². The molecule has 2 atom stereocenters. The fraction of sp³-hybridized carbons (Fsp3) is 0.556. The molecular formula is C18H24N2O7. The number of aliphatic hydroxyl groups excluding tert-OH is 1. The number of hydrogen-bond acceptors (Lipinski definition) is 5. The molecule has 2 aliphatic rings. The smallest absolute Gasteiger partial charge is 0.314 e. The minimum atomic E-state index is -1.34. The number of carboxylic acids is 1. The lowest BCUT2D eigenvalue weighted by molar-refractivity contribution is -0.163. The van der Waals surface area contributed by atoms with Gasteiger partial charge in [-0.3, -0.25) is 19.2 Å². The summed E-state index contributed by atoms with van der Waals surface area (Å²) >= 11 is 0. The average Bonchev–Trinajstić information content (AvgIpc) is 3.41. The summed E-state index contributed by atoms with van der Waals surface area (Å²) in [5.41, 5.74) is -1.07. The van der Waals surface area contributed by atoms with Gasteiger partial charge in [0.25, 0.3) is 12.4 Å². The molecule has 1 aromatic heterocycles. The van der Waals surface area contributed by atoms with Gasteiger partial charge in [-0.1, -0.05) is 12.8 Å². The summed E-state index contributed by atoms with van der Waals surface area (Å²) in [6.07, 6.45) is 2.90. The van der Waals surface area contributed by atoms with E-state index in [1.807, 2.05) is 0 Å². The van der Waals surface area contributed by atoms with Crippen LogP contribution in [0.15, 0.2) is 17.1 Å². The van der Waals surface area contributed by atoms with Gasteiger partial charge >= 0.3 is 5.97 Å². The molecule has 0 spiro atoms. The zero-order chi connectivity index (χ0) is 20.2. The first-order chi connectivity index (χ1) is 12.7. The van der Waals surface area contributed by atoms with E-state index < -0.39 is 23.4 Å². The number of amides is 1. The molecule has 1 saturated heterocycles. The summed E-state index contributed by atoms with van der Waals surface area (Å²) in [5.74, 6) is -1.25. The van der Waals surface area contributed by atoms with E-state index in [0.717, 1.165) is 12.8 Å². The summed E-state index contributed by atoms with van der Waals surface area (Å²) in [5, 5.41) is 27.0. The van der Waals surface area contributed by atoms with Crippen LogP contribution in [0.1, 0.15) is 41.7 Å². The number of nitrogens with zero attached hydrogens (tertiary/aromatic N) is 1. The third-order valence-electron chi connectivity index (χ3n) is 5.13. The number of carbonyl (C=O) groups is 3. The van der Waals surface area contributed by atoms with Crippen LogP contribution in [0.3, 0.4) is 0 Å². The number of H-pyrrole nitrogens is 1. The topological polar surface area (TPSA) is 148 Å². The number of nitrogens with one attached hydrogen (secondary N) is 1. The van der Waals surface area contributed by atoms with Crippen LogP contribution in [-0.4, -0.2) is 62.7 Å². The Balaban J connectivity index is 0.000000817. The van der Waals surface area contributed by atoms with E-state index in [0.29, 0.717) is 18.0 Å². The summed E-state index contributed by atoms with van der Waals surface area (Å²) in [6.45, 7) is 1.65. The van der Waals surface area contributed by atoms with Crippen LogP contribution in [0.25, 0.3) is 0 Å². The van der Waals surface area contributed by atoms with Crippen molar-refractivity contribution in [2.75, 3.05) is 13.1 Å². The number of aryl methyl sites for hydroxylation is 1. The second-order valence-electron chi connectivity index (χ2n) is 7.14. The lowest BCUT2D eigenvalue weighted by Gasteiger charge is -2.43. The van der Waals surface area contributed by atoms with Crippen LogP contribution in [0.5, 0.6) is 0 Å². The van der Waals surface area contributed by atoms with Crippen LogP contribution in [0.4, 0.5) is 0 Å². The standard InChI is InChI=1S/C17H22N2O5.CH2O2/c1-10-6-13(20)12(8-18-10)15(22)19-5-4-14(21)17(9-19,16(23)24)7-11-2-3-11;2-1-3/h6,8,11,14,21H,2-5,7,9H2,1H3,(H,18,20)(H,23,24);1H,(H,2,3)/t14-,17-;/m1./s1. The molecule has 1 amide bonds. The van der Waals surface area contributed by atoms with Crippen molar-refractivity contribution in [1.82, 2.24) is 9.88 Å². The van der Waals surface area contributed by atoms with E-state index in [1.165, 1.54) is 17.2 Å². The normalized spacial score (nSPS) is 24.5. The third-order valence-corrected chi connectivity index (χ3v) is 5.13. The number of piperidine rings is 1. The summed E-state index contributed by atoms with van der Waals surface area (Å²) in [6, 6.07) is 1.35. The number of rotatable bonds is 4. The first-order valence-electron chi connectivity index (χ1n) is 8.73. The molecule has 0 aromatic carbocycles. The molecule has 1 aliphatic carbocycles. The number of carboxylic acid groups (broad SMARTS) is 2. The van der Waals surface area contributed by atoms with Crippen LogP contribution in [-0.2, 0) is 9.59 Å². The van der Waals surface area contributed by atoms with Gasteiger partial charge in [-0.15, -0.1) is 0 Å². The van der Waals surface area contributed by atoms with Crippen LogP contribution < -0.4 is 5.43 Å². The lowest BCUT2D eigenvalue weighted by Crippen LogP contribution is -2.57. The number of aliphatic hydroxyl groups is 1. The first kappa shape index (κ1) is 20.6. The Bertz CT molecular complexity index is 771. The molecule has 0 radical (unpaired) electrons. The van der Waals surface area contributed by atoms with E-state index in [9.17, 15) is 24.6 Å². The molecule has 2 heterocycles. The average molecular weight is 380 g/mol. The fourth-order valence-electron chi connectivity index (χ4n) is 3.50. The highest BCUT2D eigenvalue weighted by Crippen LogP contribution is 2.45. The molecule has 0 bridgehead atoms. The van der Waals surface area contributed by atoms with E-state index in [2.05, 4.69) is 4.98 Å². The molecule has 1 saturated carbocycles. The SMILES string of the molecule is Cc1cc(=O)c(C(=O)N2CC[C@@H](O)[C@](CC3CC3)(C(=O)O)C2)c[nH]1.O=CO. The lowest BCUT2D eigenvalue weighted by atomic mass is 9.73. The molecule has 2 fully saturated rings. The summed E-state index contributed by atoms with van der Waals surface area (Å²) in [4.78, 5) is 49.2. The van der Waals surface area contributed by atoms with Gasteiger partial charge in [0.2, 0.25) is 0 Å². The van der Waals surface area contributed by atoms with Crippen molar-refractivity contribution in [1.29, 1.82) is 0 Å². The maximum absolute atomic E-state index is 12.7. The molecular weight excluding hydrogens is 356 g/mol. The number of aromatic nitrogens is 1. The Labute approximate surface area is 155 Å².